The van der Waals surface area contributed by atoms with Gasteiger partial charge in [0, 0.05) is 6.07 Å². The number of hydrogen-bond donors (Lipinski definition) is 1. The Morgan fingerprint density at radius 3 is 3.25 bits per heavy atom. The molecule has 2 aromatic rings. The minimum Gasteiger partial charge on any atom is -0.429 e. The van der Waals surface area contributed by atoms with Crippen LogP contribution in [0.3, 0.4) is 0 Å². The van der Waals surface area contributed by atoms with Crippen LogP contribution in [-0.2, 0) is 4.79 Å². The van der Waals surface area contributed by atoms with E-state index in [0.717, 1.165) is 11.0 Å². The van der Waals surface area contributed by atoms with Gasteiger partial charge in [0.1, 0.15) is 5.75 Å². The molecule has 4 nitrogen and oxygen atoms in total. The zero-order valence-corrected chi connectivity index (χ0v) is 6.15. The van der Waals surface area contributed by atoms with Gasteiger partial charge in [0.25, 0.3) is 6.47 Å². The van der Waals surface area contributed by atoms with Crippen molar-refractivity contribution < 1.29 is 9.53 Å². The quantitative estimate of drug-likeness (QED) is 0.672. The number of nitrogens with one attached hydrogen (secondary N) is 1. The van der Waals surface area contributed by atoms with Crippen molar-refractivity contribution >= 4 is 17.5 Å². The fourth-order valence-corrected chi connectivity index (χ4v) is 1.04. The van der Waals surface area contributed by atoms with E-state index in [-0.39, 0.29) is 0 Å². The molecule has 12 heavy (non-hydrogen) atoms. The Bertz CT molecular complexity index is 408. The van der Waals surface area contributed by atoms with Crippen molar-refractivity contribution in [2.24, 2.45) is 0 Å². The van der Waals surface area contributed by atoms with Crippen LogP contribution in [0.2, 0.25) is 0 Å². The SMILES string of the molecule is O=COc1ccc2nc[nH]c2c1. The summed E-state index contributed by atoms with van der Waals surface area (Å²) in [7, 11) is 0. The lowest BCUT2D eigenvalue weighted by Crippen LogP contribution is -1.87. The molecule has 1 heterocycles. The van der Waals surface area contributed by atoms with Gasteiger partial charge < -0.3 is 9.72 Å². The molecule has 0 saturated carbocycles. The van der Waals surface area contributed by atoms with Gasteiger partial charge in [0.15, 0.2) is 0 Å². The first kappa shape index (κ1) is 6.84. The van der Waals surface area contributed by atoms with Crippen LogP contribution in [0, 0.1) is 0 Å². The Balaban J connectivity index is 2.52. The summed E-state index contributed by atoms with van der Waals surface area (Å²) >= 11 is 0. The first-order valence-corrected chi connectivity index (χ1v) is 3.43. The first-order chi connectivity index (χ1) is 5.90. The average Bonchev–Trinajstić information content (AvgIpc) is 2.51. The van der Waals surface area contributed by atoms with Gasteiger partial charge in [-0.05, 0) is 12.1 Å². The molecule has 1 N–H and O–H groups in total. The van der Waals surface area contributed by atoms with Crippen molar-refractivity contribution in [3.05, 3.63) is 24.5 Å². The number of aromatic amines is 1. The van der Waals surface area contributed by atoms with Crippen LogP contribution in [-0.4, -0.2) is 16.4 Å². The van der Waals surface area contributed by atoms with Gasteiger partial charge in [-0.25, -0.2) is 4.98 Å². The van der Waals surface area contributed by atoms with Crippen LogP contribution < -0.4 is 4.74 Å². The lowest BCUT2D eigenvalue weighted by molar-refractivity contribution is -0.120. The van der Waals surface area contributed by atoms with Crippen molar-refractivity contribution in [1.82, 2.24) is 9.97 Å². The third-order valence-corrected chi connectivity index (χ3v) is 1.58. The minimum atomic E-state index is 0.400. The summed E-state index contributed by atoms with van der Waals surface area (Å²) in [6.45, 7) is 0.400. The largest absolute Gasteiger partial charge is 0.429 e. The smallest absolute Gasteiger partial charge is 0.298 e. The van der Waals surface area contributed by atoms with Crippen LogP contribution in [0.5, 0.6) is 5.75 Å². The number of carbonyl (C=O) groups is 1. The monoisotopic (exact) mass is 162 g/mol. The molecule has 1 aromatic heterocycles. The van der Waals surface area contributed by atoms with Gasteiger partial charge in [-0.1, -0.05) is 0 Å². The van der Waals surface area contributed by atoms with Gasteiger partial charge in [-0.3, -0.25) is 4.79 Å². The van der Waals surface area contributed by atoms with Crippen LogP contribution >= 0.6 is 0 Å². The van der Waals surface area contributed by atoms with E-state index in [2.05, 4.69) is 14.7 Å². The molecule has 4 heteroatoms. The van der Waals surface area contributed by atoms with Crippen LogP contribution in [0.15, 0.2) is 24.5 Å². The second kappa shape index (κ2) is 2.65. The Labute approximate surface area is 68.2 Å². The number of H-pyrrole nitrogens is 1. The summed E-state index contributed by atoms with van der Waals surface area (Å²) in [5.41, 5.74) is 1.71. The van der Waals surface area contributed by atoms with E-state index >= 15 is 0 Å². The number of nitrogens with zero attached hydrogens (tertiary/aromatic N) is 1. The molecule has 0 aliphatic heterocycles. The second-order valence-corrected chi connectivity index (χ2v) is 2.30. The molecular formula is C8H6N2O2. The van der Waals surface area contributed by atoms with Crippen molar-refractivity contribution in [3.8, 4) is 5.75 Å². The van der Waals surface area contributed by atoms with E-state index in [4.69, 9.17) is 0 Å². The second-order valence-electron chi connectivity index (χ2n) is 2.30. The molecule has 0 spiro atoms. The highest BCUT2D eigenvalue weighted by atomic mass is 16.5. The lowest BCUT2D eigenvalue weighted by atomic mass is 10.3. The van der Waals surface area contributed by atoms with E-state index in [0.29, 0.717) is 12.2 Å². The summed E-state index contributed by atoms with van der Waals surface area (Å²) in [6, 6.07) is 5.19. The summed E-state index contributed by atoms with van der Waals surface area (Å²) in [5, 5.41) is 0. The first-order valence-electron chi connectivity index (χ1n) is 3.43. The minimum absolute atomic E-state index is 0.400. The Morgan fingerprint density at radius 2 is 2.42 bits per heavy atom. The fraction of sp³-hybridized carbons (Fsp3) is 0. The molecule has 0 atom stereocenters. The zero-order chi connectivity index (χ0) is 8.39. The molecule has 0 aliphatic rings. The van der Waals surface area contributed by atoms with Crippen LogP contribution in [0.4, 0.5) is 0 Å². The highest BCUT2D eigenvalue weighted by molar-refractivity contribution is 5.76. The maximum absolute atomic E-state index is 10.0. The van der Waals surface area contributed by atoms with Gasteiger partial charge in [-0.15, -0.1) is 0 Å². The Morgan fingerprint density at radius 1 is 1.50 bits per heavy atom. The number of carbonyl (C=O) groups excluding carboxylic acids is 1. The van der Waals surface area contributed by atoms with Gasteiger partial charge >= 0.3 is 0 Å². The molecule has 60 valence electrons. The van der Waals surface area contributed by atoms with E-state index < -0.39 is 0 Å². The molecule has 0 amide bonds. The number of imidazole rings is 1. The van der Waals surface area contributed by atoms with Crippen molar-refractivity contribution in [2.45, 2.75) is 0 Å². The van der Waals surface area contributed by atoms with Gasteiger partial charge in [0.05, 0.1) is 17.4 Å². The van der Waals surface area contributed by atoms with E-state index in [1.807, 2.05) is 0 Å². The lowest BCUT2D eigenvalue weighted by Gasteiger charge is -1.95. The van der Waals surface area contributed by atoms with Crippen molar-refractivity contribution in [2.75, 3.05) is 0 Å². The maximum atomic E-state index is 10.0. The molecule has 0 aliphatic carbocycles. The predicted octanol–water partition coefficient (Wildman–Crippen LogP) is 1.10. The zero-order valence-electron chi connectivity index (χ0n) is 6.15. The maximum Gasteiger partial charge on any atom is 0.298 e. The highest BCUT2D eigenvalue weighted by Crippen LogP contribution is 2.16. The summed E-state index contributed by atoms with van der Waals surface area (Å²) in [6.07, 6.45) is 1.59. The van der Waals surface area contributed by atoms with Gasteiger partial charge in [-0.2, -0.15) is 0 Å². The molecule has 2 rings (SSSR count). The average molecular weight is 162 g/mol. The molecular weight excluding hydrogens is 156 g/mol. The third-order valence-electron chi connectivity index (χ3n) is 1.58. The number of aromatic nitrogens is 2. The van der Waals surface area contributed by atoms with Gasteiger partial charge in [0.2, 0.25) is 0 Å². The van der Waals surface area contributed by atoms with E-state index in [1.54, 1.807) is 24.5 Å². The molecule has 0 bridgehead atoms. The van der Waals surface area contributed by atoms with Crippen LogP contribution in [0.25, 0.3) is 11.0 Å². The normalized spacial score (nSPS) is 10.0. The molecule has 0 saturated heterocycles. The topological polar surface area (TPSA) is 55.0 Å². The fourth-order valence-electron chi connectivity index (χ4n) is 1.04. The molecule has 1 aromatic carbocycles. The predicted molar refractivity (Wildman–Crippen MR) is 42.8 cm³/mol. The number of rotatable bonds is 2. The molecule has 0 radical (unpaired) electrons. The molecule has 0 unspecified atom stereocenters. The summed E-state index contributed by atoms with van der Waals surface area (Å²) < 4.78 is 4.66. The van der Waals surface area contributed by atoms with E-state index in [9.17, 15) is 4.79 Å². The van der Waals surface area contributed by atoms with Crippen LogP contribution in [0.1, 0.15) is 0 Å². The number of benzene rings is 1. The molecule has 0 fully saturated rings. The summed E-state index contributed by atoms with van der Waals surface area (Å²) in [4.78, 5) is 16.9. The summed E-state index contributed by atoms with van der Waals surface area (Å²) in [5.74, 6) is 0.516. The Kier molecular flexibility index (Phi) is 1.51. The standard InChI is InChI=1S/C8H6N2O2/c11-5-12-6-1-2-7-8(3-6)10-4-9-7/h1-5H,(H,9,10). The number of fused-ring (bicyclic) bond motifs is 1. The Hall–Kier alpha value is -1.84. The number of hydrogen-bond acceptors (Lipinski definition) is 3. The van der Waals surface area contributed by atoms with Crippen molar-refractivity contribution in [3.63, 3.8) is 0 Å². The highest BCUT2D eigenvalue weighted by Gasteiger charge is 1.97. The van der Waals surface area contributed by atoms with Crippen molar-refractivity contribution in [1.29, 1.82) is 0 Å². The number of ether oxygens (including phenoxy) is 1. The third kappa shape index (κ3) is 1.03. The van der Waals surface area contributed by atoms with E-state index in [1.165, 1.54) is 0 Å².